The molecule has 0 atom stereocenters. The zero-order valence-corrected chi connectivity index (χ0v) is 17.6. The molecule has 3 aromatic rings. The fourth-order valence-corrected chi connectivity index (χ4v) is 3.72. The number of aromatic nitrogens is 3. The van der Waals surface area contributed by atoms with Gasteiger partial charge in [-0.3, -0.25) is 4.79 Å². The van der Waals surface area contributed by atoms with Crippen LogP contribution in [-0.4, -0.2) is 27.3 Å². The third-order valence-corrected chi connectivity index (χ3v) is 5.12. The average Bonchev–Trinajstić information content (AvgIpc) is 2.96. The second kappa shape index (κ2) is 8.19. The van der Waals surface area contributed by atoms with E-state index in [4.69, 9.17) is 16.3 Å². The third kappa shape index (κ3) is 3.83. The normalized spacial score (nSPS) is 11.1. The van der Waals surface area contributed by atoms with Crippen LogP contribution in [0.4, 0.5) is 5.69 Å². The van der Waals surface area contributed by atoms with Gasteiger partial charge in [0.25, 0.3) is 5.91 Å². The Kier molecular flexibility index (Phi) is 5.89. The molecule has 2 aromatic heterocycles. The van der Waals surface area contributed by atoms with E-state index in [2.05, 4.69) is 15.4 Å². The topological polar surface area (TPSA) is 69.0 Å². The number of rotatable bonds is 6. The zero-order chi connectivity index (χ0) is 20.4. The summed E-state index contributed by atoms with van der Waals surface area (Å²) < 4.78 is 7.43. The summed E-state index contributed by atoms with van der Waals surface area (Å²) in [6, 6.07) is 5.80. The molecule has 7 heteroatoms. The molecule has 0 saturated carbocycles. The molecular formula is C21H25ClN4O2. The maximum Gasteiger partial charge on any atom is 0.262 e. The molecule has 0 aliphatic heterocycles. The van der Waals surface area contributed by atoms with E-state index in [1.807, 2.05) is 52.9 Å². The summed E-state index contributed by atoms with van der Waals surface area (Å²) in [4.78, 5) is 17.1. The molecule has 1 N–H and O–H groups in total. The minimum atomic E-state index is -0.247. The van der Waals surface area contributed by atoms with Crippen molar-refractivity contribution >= 4 is 34.2 Å². The minimum absolute atomic E-state index is 0.141. The molecule has 0 radical (unpaired) electrons. The van der Waals surface area contributed by atoms with Crippen molar-refractivity contribution < 1.29 is 9.53 Å². The van der Waals surface area contributed by atoms with Gasteiger partial charge in [-0.05, 0) is 55.5 Å². The number of ether oxygens (including phenoxy) is 1. The van der Waals surface area contributed by atoms with Gasteiger partial charge in [0.1, 0.15) is 0 Å². The number of hydrogen-bond donors (Lipinski definition) is 1. The Balaban J connectivity index is 1.81. The molecule has 0 fully saturated rings. The molecule has 3 rings (SSSR count). The third-order valence-electron chi connectivity index (χ3n) is 4.77. The number of nitrogens with one attached hydrogen (secondary N) is 1. The first-order chi connectivity index (χ1) is 13.3. The van der Waals surface area contributed by atoms with Crippen molar-refractivity contribution in [3.05, 3.63) is 45.6 Å². The molecule has 1 amide bonds. The molecule has 0 unspecified atom stereocenters. The highest BCUT2D eigenvalue weighted by atomic mass is 35.5. The first kappa shape index (κ1) is 20.1. The Morgan fingerprint density at radius 3 is 2.68 bits per heavy atom. The van der Waals surface area contributed by atoms with Crippen LogP contribution in [0.2, 0.25) is 5.02 Å². The zero-order valence-electron chi connectivity index (χ0n) is 16.9. The number of amides is 1. The van der Waals surface area contributed by atoms with Crippen LogP contribution in [-0.2, 0) is 24.7 Å². The van der Waals surface area contributed by atoms with Crippen LogP contribution < -0.4 is 10.1 Å². The largest absolute Gasteiger partial charge is 0.466 e. The standard InChI is InChI=1S/C21H25ClN4O2/c1-6-14-8-9-16(22)15(7-2)19(14)24-17(27)11-28-21-18-12(3)10-13(4)23-20(18)26(5)25-21/h8-10H,6-7,11H2,1-5H3,(H,24,27). The molecular weight excluding hydrogens is 376 g/mol. The molecule has 1 aromatic carbocycles. The summed E-state index contributed by atoms with van der Waals surface area (Å²) in [6.45, 7) is 7.85. The first-order valence-electron chi connectivity index (χ1n) is 9.39. The van der Waals surface area contributed by atoms with E-state index in [1.165, 1.54) is 0 Å². The Labute approximate surface area is 169 Å². The highest BCUT2D eigenvalue weighted by molar-refractivity contribution is 6.32. The summed E-state index contributed by atoms with van der Waals surface area (Å²) in [5.41, 5.74) is 5.44. The fourth-order valence-electron chi connectivity index (χ4n) is 3.43. The SMILES string of the molecule is CCc1ccc(Cl)c(CC)c1NC(=O)COc1nn(C)c2nc(C)cc(C)c12. The smallest absolute Gasteiger partial charge is 0.262 e. The number of nitrogens with zero attached hydrogens (tertiary/aromatic N) is 3. The minimum Gasteiger partial charge on any atom is -0.466 e. The van der Waals surface area contributed by atoms with E-state index in [0.29, 0.717) is 10.9 Å². The quantitative estimate of drug-likeness (QED) is 0.666. The second-order valence-corrected chi connectivity index (χ2v) is 7.22. The van der Waals surface area contributed by atoms with Crippen LogP contribution in [0.5, 0.6) is 5.88 Å². The molecule has 0 bridgehead atoms. The summed E-state index contributed by atoms with van der Waals surface area (Å²) in [5, 5.41) is 8.84. The van der Waals surface area contributed by atoms with Crippen molar-refractivity contribution in [2.75, 3.05) is 11.9 Å². The number of pyridine rings is 1. The Bertz CT molecular complexity index is 1040. The maximum absolute atomic E-state index is 12.6. The van der Waals surface area contributed by atoms with Crippen LogP contribution in [0, 0.1) is 13.8 Å². The summed E-state index contributed by atoms with van der Waals surface area (Å²) in [5.74, 6) is 0.165. The van der Waals surface area contributed by atoms with E-state index in [1.54, 1.807) is 4.68 Å². The van der Waals surface area contributed by atoms with E-state index in [9.17, 15) is 4.79 Å². The summed E-state index contributed by atoms with van der Waals surface area (Å²) in [7, 11) is 1.81. The van der Waals surface area contributed by atoms with E-state index >= 15 is 0 Å². The lowest BCUT2D eigenvalue weighted by Gasteiger charge is -2.16. The second-order valence-electron chi connectivity index (χ2n) is 6.81. The fraction of sp³-hybridized carbons (Fsp3) is 0.381. The number of fused-ring (bicyclic) bond motifs is 1. The average molecular weight is 401 g/mol. The van der Waals surface area contributed by atoms with Gasteiger partial charge in [-0.1, -0.05) is 31.5 Å². The lowest BCUT2D eigenvalue weighted by atomic mass is 10.0. The van der Waals surface area contributed by atoms with Crippen molar-refractivity contribution in [1.82, 2.24) is 14.8 Å². The molecule has 148 valence electrons. The van der Waals surface area contributed by atoms with E-state index in [-0.39, 0.29) is 12.5 Å². The van der Waals surface area contributed by atoms with Gasteiger partial charge in [-0.15, -0.1) is 5.10 Å². The van der Waals surface area contributed by atoms with Gasteiger partial charge in [0.15, 0.2) is 12.3 Å². The van der Waals surface area contributed by atoms with E-state index < -0.39 is 0 Å². The molecule has 0 aliphatic carbocycles. The van der Waals surface area contributed by atoms with Gasteiger partial charge in [0.2, 0.25) is 5.88 Å². The highest BCUT2D eigenvalue weighted by Crippen LogP contribution is 2.30. The van der Waals surface area contributed by atoms with Crippen LogP contribution in [0.3, 0.4) is 0 Å². The van der Waals surface area contributed by atoms with Gasteiger partial charge < -0.3 is 10.1 Å². The van der Waals surface area contributed by atoms with Gasteiger partial charge in [0.05, 0.1) is 5.39 Å². The predicted octanol–water partition coefficient (Wildman–Crippen LogP) is 4.38. The predicted molar refractivity (Wildman–Crippen MR) is 112 cm³/mol. The molecule has 0 saturated heterocycles. The summed E-state index contributed by atoms with van der Waals surface area (Å²) in [6.07, 6.45) is 1.54. The number of benzene rings is 1. The van der Waals surface area contributed by atoms with Crippen molar-refractivity contribution in [2.45, 2.75) is 40.5 Å². The van der Waals surface area contributed by atoms with Crippen molar-refractivity contribution in [3.8, 4) is 5.88 Å². The number of halogens is 1. The van der Waals surface area contributed by atoms with Gasteiger partial charge in [-0.25, -0.2) is 9.67 Å². The molecule has 0 spiro atoms. The highest BCUT2D eigenvalue weighted by Gasteiger charge is 2.17. The van der Waals surface area contributed by atoms with Gasteiger partial charge in [-0.2, -0.15) is 0 Å². The van der Waals surface area contributed by atoms with Crippen LogP contribution in [0.25, 0.3) is 11.0 Å². The molecule has 28 heavy (non-hydrogen) atoms. The molecule has 0 aliphatic rings. The van der Waals surface area contributed by atoms with Gasteiger partial charge >= 0.3 is 0 Å². The maximum atomic E-state index is 12.6. The number of carbonyl (C=O) groups excluding carboxylic acids is 1. The lowest BCUT2D eigenvalue weighted by Crippen LogP contribution is -2.22. The van der Waals surface area contributed by atoms with Crippen molar-refractivity contribution in [1.29, 1.82) is 0 Å². The van der Waals surface area contributed by atoms with Crippen molar-refractivity contribution in [2.24, 2.45) is 7.05 Å². The Morgan fingerprint density at radius 2 is 2.00 bits per heavy atom. The van der Waals surface area contributed by atoms with Gasteiger partial charge in [0, 0.05) is 23.5 Å². The number of anilines is 1. The van der Waals surface area contributed by atoms with Crippen LogP contribution in [0.1, 0.15) is 36.2 Å². The number of aryl methyl sites for hydroxylation is 4. The van der Waals surface area contributed by atoms with E-state index in [0.717, 1.165) is 51.9 Å². The first-order valence-corrected chi connectivity index (χ1v) is 9.77. The molecule has 2 heterocycles. The lowest BCUT2D eigenvalue weighted by molar-refractivity contribution is -0.118. The Morgan fingerprint density at radius 1 is 1.25 bits per heavy atom. The van der Waals surface area contributed by atoms with Crippen molar-refractivity contribution in [3.63, 3.8) is 0 Å². The molecule has 6 nitrogen and oxygen atoms in total. The monoisotopic (exact) mass is 400 g/mol. The number of carbonyl (C=O) groups is 1. The number of hydrogen-bond acceptors (Lipinski definition) is 4. The summed E-state index contributed by atoms with van der Waals surface area (Å²) >= 11 is 6.31. The van der Waals surface area contributed by atoms with Crippen LogP contribution >= 0.6 is 11.6 Å². The van der Waals surface area contributed by atoms with Crippen LogP contribution in [0.15, 0.2) is 18.2 Å². The Hall–Kier alpha value is -2.60.